The molecule has 2 atom stereocenters. The smallest absolute Gasteiger partial charge is 0.310 e. The molecular formula is C15H20BrNO2. The molecule has 3 nitrogen and oxygen atoms in total. The van der Waals surface area contributed by atoms with E-state index >= 15 is 0 Å². The standard InChI is InChI=1S/C15H20BrNO2/c1-2-11-4-3-7-15(8-11,14(18)19)9-13-6-5-12(16)10-17-13/h5-6,10-11H,2-4,7-9H2,1H3,(H,18,19). The molecular weight excluding hydrogens is 306 g/mol. The van der Waals surface area contributed by atoms with Gasteiger partial charge in [-0.2, -0.15) is 0 Å². The normalized spacial score (nSPS) is 27.2. The van der Waals surface area contributed by atoms with Crippen LogP contribution in [-0.2, 0) is 11.2 Å². The Balaban J connectivity index is 2.19. The zero-order chi connectivity index (χ0) is 13.9. The summed E-state index contributed by atoms with van der Waals surface area (Å²) in [5.41, 5.74) is 0.266. The van der Waals surface area contributed by atoms with Crippen molar-refractivity contribution >= 4 is 21.9 Å². The van der Waals surface area contributed by atoms with Crippen molar-refractivity contribution in [2.24, 2.45) is 11.3 Å². The summed E-state index contributed by atoms with van der Waals surface area (Å²) in [4.78, 5) is 16.1. The highest BCUT2D eigenvalue weighted by molar-refractivity contribution is 9.10. The number of halogens is 1. The Bertz CT molecular complexity index is 446. The third-order valence-electron chi connectivity index (χ3n) is 4.29. The molecule has 0 aromatic carbocycles. The lowest BCUT2D eigenvalue weighted by atomic mass is 9.66. The Morgan fingerprint density at radius 2 is 2.37 bits per heavy atom. The van der Waals surface area contributed by atoms with Gasteiger partial charge in [-0.3, -0.25) is 9.78 Å². The van der Waals surface area contributed by atoms with Gasteiger partial charge in [-0.15, -0.1) is 0 Å². The van der Waals surface area contributed by atoms with Crippen molar-refractivity contribution in [3.8, 4) is 0 Å². The van der Waals surface area contributed by atoms with Gasteiger partial charge in [0, 0.05) is 22.8 Å². The SMILES string of the molecule is CCC1CCCC(Cc2ccc(Br)cn2)(C(=O)O)C1. The number of carbonyl (C=O) groups is 1. The van der Waals surface area contributed by atoms with Crippen LogP contribution in [0.2, 0.25) is 0 Å². The van der Waals surface area contributed by atoms with E-state index in [1.807, 2.05) is 12.1 Å². The van der Waals surface area contributed by atoms with Crippen molar-refractivity contribution in [3.05, 3.63) is 28.5 Å². The van der Waals surface area contributed by atoms with Gasteiger partial charge in [-0.05, 0) is 46.8 Å². The summed E-state index contributed by atoms with van der Waals surface area (Å²) in [6.07, 6.45) is 7.10. The molecule has 1 N–H and O–H groups in total. The molecule has 1 saturated carbocycles. The highest BCUT2D eigenvalue weighted by Crippen LogP contribution is 2.43. The highest BCUT2D eigenvalue weighted by atomic mass is 79.9. The molecule has 0 bridgehead atoms. The molecule has 104 valence electrons. The first kappa shape index (κ1) is 14.5. The third kappa shape index (κ3) is 3.35. The van der Waals surface area contributed by atoms with Crippen LogP contribution < -0.4 is 0 Å². The Morgan fingerprint density at radius 1 is 1.58 bits per heavy atom. The van der Waals surface area contributed by atoms with Crippen LogP contribution in [0.15, 0.2) is 22.8 Å². The molecule has 2 rings (SSSR count). The van der Waals surface area contributed by atoms with Crippen LogP contribution in [0, 0.1) is 11.3 Å². The van der Waals surface area contributed by atoms with Gasteiger partial charge in [0.2, 0.25) is 0 Å². The molecule has 0 aliphatic heterocycles. The van der Waals surface area contributed by atoms with Crippen molar-refractivity contribution < 1.29 is 9.90 Å². The number of aliphatic carboxylic acids is 1. The fourth-order valence-electron chi connectivity index (χ4n) is 3.12. The fraction of sp³-hybridized carbons (Fsp3) is 0.600. The molecule has 0 amide bonds. The van der Waals surface area contributed by atoms with Gasteiger partial charge in [0.05, 0.1) is 5.41 Å². The maximum atomic E-state index is 11.8. The Hall–Kier alpha value is -0.900. The maximum Gasteiger partial charge on any atom is 0.310 e. The summed E-state index contributed by atoms with van der Waals surface area (Å²) in [6, 6.07) is 3.85. The minimum absolute atomic E-state index is 0.542. The third-order valence-corrected chi connectivity index (χ3v) is 4.76. The highest BCUT2D eigenvalue weighted by Gasteiger charge is 2.42. The van der Waals surface area contributed by atoms with E-state index in [-0.39, 0.29) is 0 Å². The van der Waals surface area contributed by atoms with Crippen LogP contribution >= 0.6 is 15.9 Å². The van der Waals surface area contributed by atoms with Gasteiger partial charge < -0.3 is 5.11 Å². The number of carboxylic acids is 1. The minimum atomic E-state index is -0.657. The minimum Gasteiger partial charge on any atom is -0.481 e. The molecule has 0 saturated heterocycles. The van der Waals surface area contributed by atoms with E-state index in [0.29, 0.717) is 12.3 Å². The van der Waals surface area contributed by atoms with E-state index < -0.39 is 11.4 Å². The molecule has 0 radical (unpaired) electrons. The summed E-state index contributed by atoms with van der Waals surface area (Å²) in [5.74, 6) is -0.115. The second-order valence-corrected chi connectivity index (χ2v) is 6.52. The number of pyridine rings is 1. The van der Waals surface area contributed by atoms with E-state index in [1.54, 1.807) is 6.20 Å². The molecule has 1 aromatic rings. The van der Waals surface area contributed by atoms with Crippen LogP contribution in [-0.4, -0.2) is 16.1 Å². The van der Waals surface area contributed by atoms with Crippen molar-refractivity contribution in [1.82, 2.24) is 4.98 Å². The predicted molar refractivity (Wildman–Crippen MR) is 78.0 cm³/mol. The summed E-state index contributed by atoms with van der Waals surface area (Å²) >= 11 is 3.35. The lowest BCUT2D eigenvalue weighted by Crippen LogP contribution is -2.38. The number of carboxylic acid groups (broad SMARTS) is 1. The van der Waals surface area contributed by atoms with Crippen molar-refractivity contribution in [3.63, 3.8) is 0 Å². The summed E-state index contributed by atoms with van der Waals surface area (Å²) < 4.78 is 0.927. The molecule has 0 spiro atoms. The molecule has 2 unspecified atom stereocenters. The zero-order valence-electron chi connectivity index (χ0n) is 11.2. The number of rotatable bonds is 4. The van der Waals surface area contributed by atoms with Gasteiger partial charge >= 0.3 is 5.97 Å². The second kappa shape index (κ2) is 6.04. The van der Waals surface area contributed by atoms with Crippen molar-refractivity contribution in [2.75, 3.05) is 0 Å². The maximum absolute atomic E-state index is 11.8. The molecule has 4 heteroatoms. The Kier molecular flexibility index (Phi) is 4.61. The fourth-order valence-corrected chi connectivity index (χ4v) is 3.36. The van der Waals surface area contributed by atoms with Gasteiger partial charge in [-0.25, -0.2) is 0 Å². The molecule has 1 aliphatic rings. The van der Waals surface area contributed by atoms with Crippen LogP contribution in [0.25, 0.3) is 0 Å². The number of hydrogen-bond acceptors (Lipinski definition) is 2. The first-order chi connectivity index (χ1) is 9.05. The lowest BCUT2D eigenvalue weighted by Gasteiger charge is -2.37. The van der Waals surface area contributed by atoms with Crippen LogP contribution in [0.3, 0.4) is 0 Å². The van der Waals surface area contributed by atoms with Gasteiger partial charge in [0.15, 0.2) is 0 Å². The monoisotopic (exact) mass is 325 g/mol. The second-order valence-electron chi connectivity index (χ2n) is 5.60. The molecule has 1 aromatic heterocycles. The topological polar surface area (TPSA) is 50.2 Å². The lowest BCUT2D eigenvalue weighted by molar-refractivity contribution is -0.152. The largest absolute Gasteiger partial charge is 0.481 e. The van der Waals surface area contributed by atoms with Crippen molar-refractivity contribution in [1.29, 1.82) is 0 Å². The van der Waals surface area contributed by atoms with Crippen molar-refractivity contribution in [2.45, 2.75) is 45.4 Å². The van der Waals surface area contributed by atoms with E-state index in [1.165, 1.54) is 6.42 Å². The number of aromatic nitrogens is 1. The zero-order valence-corrected chi connectivity index (χ0v) is 12.8. The van der Waals surface area contributed by atoms with E-state index in [9.17, 15) is 9.90 Å². The van der Waals surface area contributed by atoms with Gasteiger partial charge in [0.1, 0.15) is 0 Å². The van der Waals surface area contributed by atoms with E-state index in [0.717, 1.165) is 35.8 Å². The van der Waals surface area contributed by atoms with Gasteiger partial charge in [0.25, 0.3) is 0 Å². The quantitative estimate of drug-likeness (QED) is 0.908. The van der Waals surface area contributed by atoms with Crippen LogP contribution in [0.1, 0.15) is 44.7 Å². The summed E-state index contributed by atoms with van der Waals surface area (Å²) in [5, 5.41) is 9.68. The average molecular weight is 326 g/mol. The molecule has 1 fully saturated rings. The van der Waals surface area contributed by atoms with Crippen LogP contribution in [0.4, 0.5) is 0 Å². The average Bonchev–Trinajstić information content (AvgIpc) is 2.41. The Morgan fingerprint density at radius 3 is 2.95 bits per heavy atom. The van der Waals surface area contributed by atoms with Gasteiger partial charge in [-0.1, -0.05) is 26.2 Å². The number of hydrogen-bond donors (Lipinski definition) is 1. The summed E-state index contributed by atoms with van der Waals surface area (Å²) in [6.45, 7) is 2.15. The number of nitrogens with zero attached hydrogens (tertiary/aromatic N) is 1. The molecule has 1 aliphatic carbocycles. The van der Waals surface area contributed by atoms with E-state index in [2.05, 4.69) is 27.8 Å². The molecule has 1 heterocycles. The Labute approximate surface area is 122 Å². The van der Waals surface area contributed by atoms with E-state index in [4.69, 9.17) is 0 Å². The first-order valence-corrected chi connectivity index (χ1v) is 7.69. The predicted octanol–water partition coefficient (Wildman–Crippen LogP) is 4.06. The first-order valence-electron chi connectivity index (χ1n) is 6.89. The molecule has 19 heavy (non-hydrogen) atoms. The van der Waals surface area contributed by atoms with Crippen LogP contribution in [0.5, 0.6) is 0 Å². The summed E-state index contributed by atoms with van der Waals surface area (Å²) in [7, 11) is 0.